The molecule has 0 saturated carbocycles. The summed E-state index contributed by atoms with van der Waals surface area (Å²) < 4.78 is 26.3. The quantitative estimate of drug-likeness (QED) is 0.144. The summed E-state index contributed by atoms with van der Waals surface area (Å²) in [6, 6.07) is 22.0. The Kier molecular flexibility index (Phi) is 10.7. The van der Waals surface area contributed by atoms with E-state index >= 15 is 0 Å². The van der Waals surface area contributed by atoms with E-state index in [0.717, 1.165) is 11.6 Å². The van der Waals surface area contributed by atoms with Crippen LogP contribution in [0, 0.1) is 0 Å². The number of esters is 3. The van der Waals surface area contributed by atoms with Gasteiger partial charge < -0.3 is 23.7 Å². The molecule has 0 radical (unpaired) electrons. The molecular formula is C29H26O8. The van der Waals surface area contributed by atoms with Gasteiger partial charge in [0.05, 0.1) is 18.8 Å². The van der Waals surface area contributed by atoms with Crippen LogP contribution in [0.4, 0.5) is 0 Å². The minimum absolute atomic E-state index is 0.141. The summed E-state index contributed by atoms with van der Waals surface area (Å²) in [6.07, 6.45) is 4.09. The molecule has 0 aliphatic heterocycles. The molecule has 0 saturated heterocycles. The van der Waals surface area contributed by atoms with Crippen molar-refractivity contribution in [2.45, 2.75) is 0 Å². The SMILES string of the molecule is C=CC(=O)OCCOCCOc1ccc(C(=O)Oc2ccc(OC(=O)/C=C/c3ccccc3)cc2)cc1. The maximum atomic E-state index is 12.4. The highest BCUT2D eigenvalue weighted by atomic mass is 16.6. The van der Waals surface area contributed by atoms with Crippen molar-refractivity contribution in [3.63, 3.8) is 0 Å². The second-order valence-corrected chi connectivity index (χ2v) is 7.38. The monoisotopic (exact) mass is 502 g/mol. The maximum absolute atomic E-state index is 12.4. The number of rotatable bonds is 13. The normalized spacial score (nSPS) is 10.5. The summed E-state index contributed by atoms with van der Waals surface area (Å²) >= 11 is 0. The van der Waals surface area contributed by atoms with E-state index in [1.54, 1.807) is 42.5 Å². The Balaban J connectivity index is 1.38. The van der Waals surface area contributed by atoms with E-state index in [1.807, 2.05) is 30.3 Å². The van der Waals surface area contributed by atoms with Crippen LogP contribution in [0.3, 0.4) is 0 Å². The lowest BCUT2D eigenvalue weighted by Gasteiger charge is -2.09. The van der Waals surface area contributed by atoms with Crippen molar-refractivity contribution >= 4 is 24.0 Å². The van der Waals surface area contributed by atoms with E-state index in [1.165, 1.54) is 18.2 Å². The third kappa shape index (κ3) is 9.83. The molecule has 0 spiro atoms. The number of hydrogen-bond acceptors (Lipinski definition) is 8. The minimum atomic E-state index is -0.542. The highest BCUT2D eigenvalue weighted by Crippen LogP contribution is 2.20. The van der Waals surface area contributed by atoms with Gasteiger partial charge in [-0.15, -0.1) is 0 Å². The second-order valence-electron chi connectivity index (χ2n) is 7.38. The molecule has 0 unspecified atom stereocenters. The van der Waals surface area contributed by atoms with Gasteiger partial charge in [0.1, 0.15) is 30.5 Å². The van der Waals surface area contributed by atoms with Gasteiger partial charge in [-0.2, -0.15) is 0 Å². The molecule has 8 heteroatoms. The first-order chi connectivity index (χ1) is 18.0. The Labute approximate surface area is 214 Å². The van der Waals surface area contributed by atoms with Crippen LogP contribution in [-0.2, 0) is 19.1 Å². The standard InChI is InChI=1S/C29H26O8/c1-2-27(30)35-21-19-33-18-20-34-24-11-9-23(10-12-24)29(32)37-26-15-13-25(14-16-26)36-28(31)17-8-22-6-4-3-5-7-22/h2-17H,1,18-21H2/b17-8+. The van der Waals surface area contributed by atoms with Gasteiger partial charge in [0.2, 0.25) is 0 Å². The van der Waals surface area contributed by atoms with Crippen molar-refractivity contribution in [1.82, 2.24) is 0 Å². The lowest BCUT2D eigenvalue weighted by Crippen LogP contribution is -2.12. The predicted octanol–water partition coefficient (Wildman–Crippen LogP) is 4.65. The number of benzene rings is 3. The summed E-state index contributed by atoms with van der Waals surface area (Å²) in [6.45, 7) is 4.30. The fraction of sp³-hybridized carbons (Fsp3) is 0.138. The van der Waals surface area contributed by atoms with Gasteiger partial charge in [-0.3, -0.25) is 0 Å². The van der Waals surface area contributed by atoms with Crippen molar-refractivity contribution < 1.29 is 38.1 Å². The van der Waals surface area contributed by atoms with Gasteiger partial charge in [0, 0.05) is 12.2 Å². The van der Waals surface area contributed by atoms with Crippen LogP contribution in [0.15, 0.2) is 97.6 Å². The molecule has 0 aromatic heterocycles. The first-order valence-electron chi connectivity index (χ1n) is 11.4. The van der Waals surface area contributed by atoms with E-state index in [0.29, 0.717) is 29.4 Å². The molecule has 3 rings (SSSR count). The predicted molar refractivity (Wildman–Crippen MR) is 136 cm³/mol. The zero-order valence-electron chi connectivity index (χ0n) is 20.0. The molecule has 0 atom stereocenters. The van der Waals surface area contributed by atoms with Crippen LogP contribution in [0.2, 0.25) is 0 Å². The lowest BCUT2D eigenvalue weighted by molar-refractivity contribution is -0.139. The maximum Gasteiger partial charge on any atom is 0.343 e. The first-order valence-corrected chi connectivity index (χ1v) is 11.4. The molecule has 0 aliphatic carbocycles. The largest absolute Gasteiger partial charge is 0.491 e. The van der Waals surface area contributed by atoms with Crippen LogP contribution in [0.1, 0.15) is 15.9 Å². The van der Waals surface area contributed by atoms with Crippen molar-refractivity contribution in [2.24, 2.45) is 0 Å². The fourth-order valence-corrected chi connectivity index (χ4v) is 2.89. The second kappa shape index (κ2) is 14.7. The summed E-state index contributed by atoms with van der Waals surface area (Å²) in [4.78, 5) is 35.3. The van der Waals surface area contributed by atoms with Gasteiger partial charge in [0.25, 0.3) is 0 Å². The van der Waals surface area contributed by atoms with Crippen LogP contribution in [0.5, 0.6) is 17.2 Å². The van der Waals surface area contributed by atoms with Crippen LogP contribution in [0.25, 0.3) is 6.08 Å². The van der Waals surface area contributed by atoms with E-state index < -0.39 is 17.9 Å². The van der Waals surface area contributed by atoms with E-state index in [4.69, 9.17) is 23.7 Å². The Morgan fingerprint density at radius 1 is 0.676 bits per heavy atom. The van der Waals surface area contributed by atoms with Crippen molar-refractivity contribution in [3.8, 4) is 17.2 Å². The Morgan fingerprint density at radius 3 is 1.97 bits per heavy atom. The first kappa shape index (κ1) is 26.9. The molecule has 0 aliphatic rings. The van der Waals surface area contributed by atoms with E-state index in [2.05, 4.69) is 6.58 Å². The number of ether oxygens (including phenoxy) is 5. The smallest absolute Gasteiger partial charge is 0.343 e. The Hall–Kier alpha value is -4.69. The molecule has 0 N–H and O–H groups in total. The van der Waals surface area contributed by atoms with Crippen molar-refractivity contribution in [3.05, 3.63) is 109 Å². The third-order valence-electron chi connectivity index (χ3n) is 4.69. The topological polar surface area (TPSA) is 97.4 Å². The van der Waals surface area contributed by atoms with Gasteiger partial charge in [-0.05, 0) is 60.2 Å². The van der Waals surface area contributed by atoms with Gasteiger partial charge in [0.15, 0.2) is 0 Å². The zero-order valence-corrected chi connectivity index (χ0v) is 20.0. The molecule has 0 bridgehead atoms. The molecule has 0 amide bonds. The molecule has 0 fully saturated rings. The fourth-order valence-electron chi connectivity index (χ4n) is 2.89. The zero-order chi connectivity index (χ0) is 26.3. The van der Waals surface area contributed by atoms with Gasteiger partial charge >= 0.3 is 17.9 Å². The van der Waals surface area contributed by atoms with E-state index in [-0.39, 0.29) is 19.8 Å². The Morgan fingerprint density at radius 2 is 1.30 bits per heavy atom. The third-order valence-corrected chi connectivity index (χ3v) is 4.69. The van der Waals surface area contributed by atoms with Crippen molar-refractivity contribution in [2.75, 3.05) is 26.4 Å². The van der Waals surface area contributed by atoms with Gasteiger partial charge in [-0.1, -0.05) is 36.9 Å². The molecule has 190 valence electrons. The molecular weight excluding hydrogens is 476 g/mol. The molecule has 8 nitrogen and oxygen atoms in total. The molecule has 0 heterocycles. The van der Waals surface area contributed by atoms with Crippen LogP contribution in [-0.4, -0.2) is 44.3 Å². The number of carbonyl (C=O) groups is 3. The summed E-state index contributed by atoms with van der Waals surface area (Å²) in [5.41, 5.74) is 1.23. The van der Waals surface area contributed by atoms with Crippen LogP contribution >= 0.6 is 0 Å². The molecule has 3 aromatic rings. The molecule has 3 aromatic carbocycles. The van der Waals surface area contributed by atoms with Crippen molar-refractivity contribution in [1.29, 1.82) is 0 Å². The lowest BCUT2D eigenvalue weighted by atomic mass is 10.2. The highest BCUT2D eigenvalue weighted by molar-refractivity contribution is 5.91. The average Bonchev–Trinajstić information content (AvgIpc) is 2.93. The summed E-state index contributed by atoms with van der Waals surface area (Å²) in [5.74, 6) is -0.364. The molecule has 37 heavy (non-hydrogen) atoms. The number of carbonyl (C=O) groups excluding carboxylic acids is 3. The van der Waals surface area contributed by atoms with Gasteiger partial charge in [-0.25, -0.2) is 14.4 Å². The summed E-state index contributed by atoms with van der Waals surface area (Å²) in [7, 11) is 0. The minimum Gasteiger partial charge on any atom is -0.491 e. The van der Waals surface area contributed by atoms with Crippen LogP contribution < -0.4 is 14.2 Å². The average molecular weight is 503 g/mol. The van der Waals surface area contributed by atoms with E-state index in [9.17, 15) is 14.4 Å². The highest BCUT2D eigenvalue weighted by Gasteiger charge is 2.10. The number of hydrogen-bond donors (Lipinski definition) is 0. The summed E-state index contributed by atoms with van der Waals surface area (Å²) in [5, 5.41) is 0. The Bertz CT molecular complexity index is 1200.